The Kier molecular flexibility index (Phi) is 8.71. The van der Waals surface area contributed by atoms with Crippen molar-refractivity contribution < 1.29 is 0 Å². The number of anilines is 3. The Morgan fingerprint density at radius 1 is 0.377 bits per heavy atom. The van der Waals surface area contributed by atoms with Gasteiger partial charge >= 0.3 is 0 Å². The molecule has 0 atom stereocenters. The lowest BCUT2D eigenvalue weighted by Gasteiger charge is -2.42. The quantitative estimate of drug-likeness (QED) is 0.126. The molecule has 0 saturated carbocycles. The van der Waals surface area contributed by atoms with E-state index in [1.165, 1.54) is 64.4 Å². The van der Waals surface area contributed by atoms with Crippen LogP contribution in [0.1, 0.15) is 0 Å². The number of halogens is 2. The highest BCUT2D eigenvalue weighted by atomic mass is 35.5. The molecule has 0 aromatic heterocycles. The van der Waals surface area contributed by atoms with Gasteiger partial charge < -0.3 is 4.90 Å². The molecule has 0 radical (unpaired) electrons. The summed E-state index contributed by atoms with van der Waals surface area (Å²) in [4.78, 5) is 4.91. The first-order valence-corrected chi connectivity index (χ1v) is 22.2. The first-order chi connectivity index (χ1) is 30.1. The fourth-order valence-electron chi connectivity index (χ4n) is 9.91. The number of para-hydroxylation sites is 1. The van der Waals surface area contributed by atoms with Gasteiger partial charge in [-0.15, -0.1) is 0 Å². The lowest BCUT2D eigenvalue weighted by molar-refractivity contribution is 1.27. The highest BCUT2D eigenvalue weighted by molar-refractivity contribution is 8.00. The van der Waals surface area contributed by atoms with E-state index in [2.05, 4.69) is 199 Å². The van der Waals surface area contributed by atoms with Crippen LogP contribution in [0.5, 0.6) is 0 Å². The maximum atomic E-state index is 7.10. The fourth-order valence-corrected chi connectivity index (χ4v) is 11.6. The van der Waals surface area contributed by atoms with Crippen molar-refractivity contribution in [1.82, 2.24) is 0 Å². The molecule has 10 aromatic rings. The lowest BCUT2D eigenvalue weighted by Crippen LogP contribution is -2.59. The van der Waals surface area contributed by atoms with Crippen molar-refractivity contribution in [1.29, 1.82) is 0 Å². The normalized spacial score (nSPS) is 12.6. The van der Waals surface area contributed by atoms with Crippen molar-refractivity contribution in [2.45, 2.75) is 9.79 Å². The van der Waals surface area contributed by atoms with Crippen LogP contribution in [0.4, 0.5) is 17.1 Å². The van der Waals surface area contributed by atoms with Crippen LogP contribution in [-0.2, 0) is 0 Å². The van der Waals surface area contributed by atoms with Crippen LogP contribution >= 0.6 is 35.0 Å². The third-order valence-corrected chi connectivity index (χ3v) is 14.0. The Hall–Kier alpha value is -6.49. The number of hydrogen-bond donors (Lipinski definition) is 0. The topological polar surface area (TPSA) is 3.24 Å². The minimum atomic E-state index is -0.0332. The molecule has 2 aliphatic rings. The van der Waals surface area contributed by atoms with Crippen molar-refractivity contribution in [2.75, 3.05) is 4.90 Å². The van der Waals surface area contributed by atoms with E-state index in [0.717, 1.165) is 49.9 Å². The second-order valence-corrected chi connectivity index (χ2v) is 17.8. The summed E-state index contributed by atoms with van der Waals surface area (Å²) in [5.74, 6) is 0. The first kappa shape index (κ1) is 36.4. The summed E-state index contributed by atoms with van der Waals surface area (Å²) < 4.78 is 0. The Labute approximate surface area is 369 Å². The van der Waals surface area contributed by atoms with Crippen molar-refractivity contribution in [3.63, 3.8) is 0 Å². The summed E-state index contributed by atoms with van der Waals surface area (Å²) in [6.07, 6.45) is 0. The van der Waals surface area contributed by atoms with E-state index in [-0.39, 0.29) is 6.71 Å². The van der Waals surface area contributed by atoms with E-state index >= 15 is 0 Å². The van der Waals surface area contributed by atoms with Crippen LogP contribution in [0.15, 0.2) is 216 Å². The second kappa shape index (κ2) is 14.6. The minimum Gasteiger partial charge on any atom is -0.310 e. The van der Waals surface area contributed by atoms with Crippen molar-refractivity contribution >= 4 is 96.7 Å². The van der Waals surface area contributed by atoms with Gasteiger partial charge in [0, 0.05) is 42.3 Å². The Morgan fingerprint density at radius 2 is 0.869 bits per heavy atom. The van der Waals surface area contributed by atoms with Gasteiger partial charge in [0.15, 0.2) is 0 Å². The van der Waals surface area contributed by atoms with E-state index < -0.39 is 0 Å². The molecular formula is C56H34BCl2NS. The average Bonchev–Trinajstić information content (AvgIpc) is 3.31. The molecule has 0 aliphatic carbocycles. The largest absolute Gasteiger partial charge is 0.310 e. The Balaban J connectivity index is 1.23. The molecule has 2 aliphatic heterocycles. The summed E-state index contributed by atoms with van der Waals surface area (Å²) in [5.41, 5.74) is 16.5. The SMILES string of the molecule is Clc1ccc2c(c1)Sc1cc(-c3c4ccccc4c(-c4ccccc4)c4ccccc34)cc3c1B2c1ccc(Cl)cc1N3c1c(-c2ccccc2)cccc1-c1ccccc1. The summed E-state index contributed by atoms with van der Waals surface area (Å²) >= 11 is 15.7. The zero-order valence-corrected chi connectivity index (χ0v) is 35.1. The predicted molar refractivity (Wildman–Crippen MR) is 263 cm³/mol. The van der Waals surface area contributed by atoms with E-state index in [4.69, 9.17) is 23.2 Å². The minimum absolute atomic E-state index is 0.0332. The van der Waals surface area contributed by atoms with Gasteiger partial charge in [0.2, 0.25) is 6.71 Å². The van der Waals surface area contributed by atoms with Gasteiger partial charge in [-0.05, 0) is 102 Å². The molecule has 0 unspecified atom stereocenters. The van der Waals surface area contributed by atoms with Gasteiger partial charge in [-0.1, -0.05) is 210 Å². The lowest BCUT2D eigenvalue weighted by atomic mass is 9.35. The highest BCUT2D eigenvalue weighted by Crippen LogP contribution is 2.52. The van der Waals surface area contributed by atoms with E-state index in [1.807, 2.05) is 23.9 Å². The number of benzene rings is 10. The average molecular weight is 835 g/mol. The summed E-state index contributed by atoms with van der Waals surface area (Å²) in [5, 5.41) is 6.31. The number of nitrogens with zero attached hydrogens (tertiary/aromatic N) is 1. The second-order valence-electron chi connectivity index (χ2n) is 15.8. The predicted octanol–water partition coefficient (Wildman–Crippen LogP) is 14.7. The van der Waals surface area contributed by atoms with Crippen LogP contribution in [0, 0.1) is 0 Å². The van der Waals surface area contributed by atoms with E-state index in [1.54, 1.807) is 0 Å². The number of hydrogen-bond acceptors (Lipinski definition) is 2. The van der Waals surface area contributed by atoms with Gasteiger partial charge in [-0.25, -0.2) is 0 Å². The van der Waals surface area contributed by atoms with Crippen LogP contribution in [0.3, 0.4) is 0 Å². The maximum Gasteiger partial charge on any atom is 0.249 e. The maximum absolute atomic E-state index is 7.10. The Morgan fingerprint density at radius 3 is 1.44 bits per heavy atom. The zero-order valence-electron chi connectivity index (χ0n) is 32.8. The fraction of sp³-hybridized carbons (Fsp3) is 0. The summed E-state index contributed by atoms with van der Waals surface area (Å²) in [6, 6.07) is 74.7. The molecular weight excluding hydrogens is 800 g/mol. The molecule has 5 heteroatoms. The Bertz CT molecular complexity index is 3260. The van der Waals surface area contributed by atoms with Gasteiger partial charge in [-0.3, -0.25) is 0 Å². The van der Waals surface area contributed by atoms with Crippen LogP contribution in [0.2, 0.25) is 10.0 Å². The molecule has 0 saturated heterocycles. The van der Waals surface area contributed by atoms with Crippen molar-refractivity contribution in [2.24, 2.45) is 0 Å². The molecule has 0 bridgehead atoms. The van der Waals surface area contributed by atoms with Crippen LogP contribution in [0.25, 0.3) is 66.1 Å². The molecule has 12 rings (SSSR count). The van der Waals surface area contributed by atoms with Crippen molar-refractivity contribution in [3.05, 3.63) is 216 Å². The summed E-state index contributed by atoms with van der Waals surface area (Å²) in [6.45, 7) is -0.0332. The molecule has 10 aromatic carbocycles. The molecule has 0 N–H and O–H groups in total. The molecule has 0 spiro atoms. The van der Waals surface area contributed by atoms with Gasteiger partial charge in [-0.2, -0.15) is 0 Å². The molecule has 61 heavy (non-hydrogen) atoms. The third-order valence-electron chi connectivity index (χ3n) is 12.4. The number of rotatable bonds is 5. The molecule has 0 fully saturated rings. The van der Waals surface area contributed by atoms with Gasteiger partial charge in [0.25, 0.3) is 0 Å². The molecule has 2 heterocycles. The summed E-state index contributed by atoms with van der Waals surface area (Å²) in [7, 11) is 0. The monoisotopic (exact) mass is 833 g/mol. The van der Waals surface area contributed by atoms with Crippen LogP contribution < -0.4 is 21.3 Å². The molecule has 1 nitrogen and oxygen atoms in total. The van der Waals surface area contributed by atoms with E-state index in [9.17, 15) is 0 Å². The zero-order chi connectivity index (χ0) is 40.6. The molecule has 0 amide bonds. The van der Waals surface area contributed by atoms with E-state index in [0.29, 0.717) is 5.02 Å². The standard InChI is InChI=1S/C56H34BCl2NS/c58-39-27-29-47-49(33-39)60(56-41(35-15-4-1-5-16-35)25-14-26-42(56)36-17-6-2-7-18-36)50-31-38(32-52-55(50)57(47)48-30-28-40(59)34-51(48)61-52)54-45-23-12-10-21-43(45)53(37-19-8-3-9-20-37)44-22-11-13-24-46(44)54/h1-34H. The van der Waals surface area contributed by atoms with Crippen LogP contribution in [-0.4, -0.2) is 6.71 Å². The first-order valence-electron chi connectivity index (χ1n) is 20.6. The highest BCUT2D eigenvalue weighted by Gasteiger charge is 2.42. The van der Waals surface area contributed by atoms with Gasteiger partial charge in [0.05, 0.1) is 5.69 Å². The van der Waals surface area contributed by atoms with Crippen molar-refractivity contribution in [3.8, 4) is 44.5 Å². The number of fused-ring (bicyclic) bond motifs is 6. The van der Waals surface area contributed by atoms with Gasteiger partial charge in [0.1, 0.15) is 0 Å². The molecule has 286 valence electrons. The third kappa shape index (κ3) is 5.87. The smallest absolute Gasteiger partial charge is 0.249 e.